The van der Waals surface area contributed by atoms with Crippen LogP contribution in [0, 0.1) is 0 Å². The molecule has 5 nitrogen and oxygen atoms in total. The van der Waals surface area contributed by atoms with E-state index >= 15 is 0 Å². The highest BCUT2D eigenvalue weighted by molar-refractivity contribution is 7.11. The topological polar surface area (TPSA) is 55.6 Å². The quantitative estimate of drug-likeness (QED) is 0.625. The maximum absolute atomic E-state index is 11.7. The second-order valence-electron chi connectivity index (χ2n) is 5.64. The molecule has 3 rings (SSSR count). The van der Waals surface area contributed by atoms with Gasteiger partial charge in [-0.15, -0.1) is 11.3 Å². The molecular weight excluding hydrogens is 324 g/mol. The Balaban J connectivity index is 1.69. The number of furan rings is 1. The summed E-state index contributed by atoms with van der Waals surface area (Å²) >= 11 is 1.32. The lowest BCUT2D eigenvalue weighted by molar-refractivity contribution is 0.0525. The van der Waals surface area contributed by atoms with Crippen LogP contribution in [0.3, 0.4) is 0 Å². The molecule has 0 bridgehead atoms. The van der Waals surface area contributed by atoms with Crippen LogP contribution >= 0.6 is 11.3 Å². The zero-order valence-corrected chi connectivity index (χ0v) is 14.8. The highest BCUT2D eigenvalue weighted by Crippen LogP contribution is 2.27. The number of carbonyl (C=O) groups excluding carboxylic acids is 1. The van der Waals surface area contributed by atoms with Gasteiger partial charge < -0.3 is 9.15 Å². The molecule has 0 saturated heterocycles. The maximum atomic E-state index is 11.7. The molecule has 0 fully saturated rings. The van der Waals surface area contributed by atoms with Gasteiger partial charge in [-0.25, -0.2) is 9.78 Å². The summed E-state index contributed by atoms with van der Waals surface area (Å²) in [6.07, 6.45) is 0. The summed E-state index contributed by atoms with van der Waals surface area (Å²) in [6, 6.07) is 10.2. The van der Waals surface area contributed by atoms with Gasteiger partial charge in [-0.3, -0.25) is 4.90 Å². The first-order valence-electron chi connectivity index (χ1n) is 7.88. The smallest absolute Gasteiger partial charge is 0.367 e. The van der Waals surface area contributed by atoms with Crippen LogP contribution in [0.5, 0.6) is 0 Å². The van der Waals surface area contributed by atoms with E-state index in [1.807, 2.05) is 36.7 Å². The van der Waals surface area contributed by atoms with E-state index in [4.69, 9.17) is 9.15 Å². The summed E-state index contributed by atoms with van der Waals surface area (Å²) in [5.41, 5.74) is 1.75. The molecule has 0 aliphatic rings. The van der Waals surface area contributed by atoms with E-state index in [1.165, 1.54) is 11.3 Å². The number of rotatable bonds is 6. The minimum absolute atomic E-state index is 0.102. The number of hydrogen-bond acceptors (Lipinski definition) is 6. The Morgan fingerprint density at radius 2 is 2.21 bits per heavy atom. The highest BCUT2D eigenvalue weighted by Gasteiger charge is 2.19. The lowest BCUT2D eigenvalue weighted by atomic mass is 10.2. The summed E-state index contributed by atoms with van der Waals surface area (Å²) in [4.78, 5) is 18.2. The molecule has 0 spiro atoms. The van der Waals surface area contributed by atoms with Crippen LogP contribution in [-0.2, 0) is 11.3 Å². The van der Waals surface area contributed by atoms with Crippen molar-refractivity contribution >= 4 is 28.3 Å². The Kier molecular flexibility index (Phi) is 4.97. The van der Waals surface area contributed by atoms with Gasteiger partial charge in [0, 0.05) is 17.3 Å². The van der Waals surface area contributed by atoms with Crippen molar-refractivity contribution in [2.24, 2.45) is 0 Å². The third-order valence-electron chi connectivity index (χ3n) is 3.93. The second-order valence-corrected chi connectivity index (χ2v) is 6.50. The van der Waals surface area contributed by atoms with Crippen LogP contribution in [0.2, 0.25) is 0 Å². The number of carbonyl (C=O) groups is 1. The lowest BCUT2D eigenvalue weighted by Crippen LogP contribution is -2.21. The molecule has 0 N–H and O–H groups in total. The van der Waals surface area contributed by atoms with Crippen molar-refractivity contribution in [1.29, 1.82) is 0 Å². The number of para-hydroxylation sites is 1. The fourth-order valence-electron chi connectivity index (χ4n) is 2.48. The maximum Gasteiger partial charge on any atom is 0.367 e. The van der Waals surface area contributed by atoms with Gasteiger partial charge in [-0.05, 0) is 33.0 Å². The van der Waals surface area contributed by atoms with Crippen molar-refractivity contribution in [3.63, 3.8) is 0 Å². The summed E-state index contributed by atoms with van der Waals surface area (Å²) < 4.78 is 10.9. The molecule has 0 aliphatic heterocycles. The van der Waals surface area contributed by atoms with Crippen LogP contribution in [0.1, 0.15) is 41.1 Å². The summed E-state index contributed by atoms with van der Waals surface area (Å²) in [7, 11) is 2.02. The lowest BCUT2D eigenvalue weighted by Gasteiger charge is -2.21. The van der Waals surface area contributed by atoms with E-state index in [0.29, 0.717) is 18.2 Å². The molecule has 1 aromatic carbocycles. The average Bonchev–Trinajstić information content (AvgIpc) is 3.20. The third-order valence-corrected chi connectivity index (χ3v) is 4.80. The van der Waals surface area contributed by atoms with Crippen molar-refractivity contribution in [3.8, 4) is 0 Å². The number of esters is 1. The van der Waals surface area contributed by atoms with Gasteiger partial charge in [0.2, 0.25) is 5.01 Å². The van der Waals surface area contributed by atoms with Crippen molar-refractivity contribution in [1.82, 2.24) is 9.88 Å². The fraction of sp³-hybridized carbons (Fsp3) is 0.333. The zero-order valence-electron chi connectivity index (χ0n) is 14.0. The standard InChI is InChI=1S/C18H20N2O3S/c1-4-22-18(21)17-19-14(11-24-17)10-20(3)12(2)16-9-13-7-5-6-8-15(13)23-16/h5-9,11-12H,4,10H2,1-3H3/t12-/m1/s1. The van der Waals surface area contributed by atoms with Gasteiger partial charge in [-0.1, -0.05) is 18.2 Å². The summed E-state index contributed by atoms with van der Waals surface area (Å²) in [5.74, 6) is 0.557. The van der Waals surface area contributed by atoms with E-state index in [2.05, 4.69) is 22.9 Å². The van der Waals surface area contributed by atoms with Crippen LogP contribution in [0.4, 0.5) is 0 Å². The van der Waals surface area contributed by atoms with Crippen LogP contribution in [0.25, 0.3) is 11.0 Å². The predicted octanol–water partition coefficient (Wildman–Crippen LogP) is 4.26. The number of benzene rings is 1. The molecule has 3 aromatic rings. The first-order chi connectivity index (χ1) is 11.6. The number of aromatic nitrogens is 1. The molecule has 0 unspecified atom stereocenters. The first-order valence-corrected chi connectivity index (χ1v) is 8.76. The number of nitrogens with zero attached hydrogens (tertiary/aromatic N) is 2. The van der Waals surface area contributed by atoms with Crippen molar-refractivity contribution in [2.45, 2.75) is 26.4 Å². The Morgan fingerprint density at radius 3 is 2.96 bits per heavy atom. The van der Waals surface area contributed by atoms with E-state index in [-0.39, 0.29) is 12.0 Å². The number of ether oxygens (including phenoxy) is 1. The van der Waals surface area contributed by atoms with Gasteiger partial charge in [0.05, 0.1) is 18.3 Å². The second kappa shape index (κ2) is 7.15. The molecule has 0 aliphatic carbocycles. The molecule has 0 radical (unpaired) electrons. The van der Waals surface area contributed by atoms with E-state index < -0.39 is 0 Å². The molecule has 0 saturated carbocycles. The minimum atomic E-state index is -0.360. The van der Waals surface area contributed by atoms with Crippen LogP contribution < -0.4 is 0 Å². The molecule has 2 heterocycles. The first kappa shape index (κ1) is 16.7. The largest absolute Gasteiger partial charge is 0.461 e. The Hall–Kier alpha value is -2.18. The predicted molar refractivity (Wildman–Crippen MR) is 94.2 cm³/mol. The third kappa shape index (κ3) is 3.49. The van der Waals surface area contributed by atoms with E-state index in [0.717, 1.165) is 22.4 Å². The highest BCUT2D eigenvalue weighted by atomic mass is 32.1. The van der Waals surface area contributed by atoms with Gasteiger partial charge in [0.15, 0.2) is 0 Å². The van der Waals surface area contributed by atoms with Gasteiger partial charge in [0.25, 0.3) is 0 Å². The number of fused-ring (bicyclic) bond motifs is 1. The van der Waals surface area contributed by atoms with Crippen LogP contribution in [0.15, 0.2) is 40.1 Å². The molecule has 1 atom stereocenters. The monoisotopic (exact) mass is 344 g/mol. The van der Waals surface area contributed by atoms with Gasteiger partial charge in [-0.2, -0.15) is 0 Å². The average molecular weight is 344 g/mol. The van der Waals surface area contributed by atoms with Crippen molar-refractivity contribution in [2.75, 3.05) is 13.7 Å². The Bertz CT molecular complexity index is 807. The van der Waals surface area contributed by atoms with Crippen LogP contribution in [-0.4, -0.2) is 29.5 Å². The number of hydrogen-bond donors (Lipinski definition) is 0. The zero-order chi connectivity index (χ0) is 17.1. The Morgan fingerprint density at radius 1 is 1.42 bits per heavy atom. The summed E-state index contributed by atoms with van der Waals surface area (Å²) in [6.45, 7) is 4.87. The van der Waals surface area contributed by atoms with E-state index in [9.17, 15) is 4.79 Å². The van der Waals surface area contributed by atoms with Crippen molar-refractivity contribution in [3.05, 3.63) is 52.2 Å². The molecule has 126 valence electrons. The fourth-order valence-corrected chi connectivity index (χ4v) is 3.18. The molecular formula is C18H20N2O3S. The molecule has 6 heteroatoms. The van der Waals surface area contributed by atoms with Crippen molar-refractivity contribution < 1.29 is 13.9 Å². The normalized spacial score (nSPS) is 12.7. The summed E-state index contributed by atoms with van der Waals surface area (Å²) in [5, 5.41) is 3.40. The SMILES string of the molecule is CCOC(=O)c1nc(CN(C)[C@H](C)c2cc3ccccc3o2)cs1. The van der Waals surface area contributed by atoms with Gasteiger partial charge >= 0.3 is 5.97 Å². The number of thiazole rings is 1. The molecule has 0 amide bonds. The van der Waals surface area contributed by atoms with E-state index in [1.54, 1.807) is 6.92 Å². The molecule has 24 heavy (non-hydrogen) atoms. The molecule has 2 aromatic heterocycles. The van der Waals surface area contributed by atoms with Gasteiger partial charge in [0.1, 0.15) is 11.3 Å². The minimum Gasteiger partial charge on any atom is -0.461 e. The Labute approximate surface area is 144 Å².